The summed E-state index contributed by atoms with van der Waals surface area (Å²) in [7, 11) is -10.3. The van der Waals surface area contributed by atoms with Gasteiger partial charge in [0.25, 0.3) is 0 Å². The van der Waals surface area contributed by atoms with Crippen LogP contribution in [0, 0.1) is 0 Å². The number of hydrogen-bond acceptors (Lipinski definition) is 1. The second-order valence-electron chi connectivity index (χ2n) is 2.84. The summed E-state index contributed by atoms with van der Waals surface area (Å²) in [5.41, 5.74) is -1.14. The van der Waals surface area contributed by atoms with Crippen LogP contribution in [-0.2, 0) is 0 Å². The highest BCUT2D eigenvalue weighted by atomic mass is 32.5. The molecule has 1 rings (SSSR count). The van der Waals surface area contributed by atoms with Crippen LogP contribution >= 0.6 is 10.4 Å². The van der Waals surface area contributed by atoms with Crippen molar-refractivity contribution >= 4 is 22.2 Å². The summed E-state index contributed by atoms with van der Waals surface area (Å²) >= 11 is 0. The van der Waals surface area contributed by atoms with Crippen LogP contribution in [0.5, 0.6) is 0 Å². The Morgan fingerprint density at radius 3 is 1.81 bits per heavy atom. The van der Waals surface area contributed by atoms with Crippen molar-refractivity contribution in [2.24, 2.45) is 0 Å². The van der Waals surface area contributed by atoms with E-state index in [1.165, 1.54) is 6.07 Å². The molecule has 0 aliphatic carbocycles. The third-order valence-electron chi connectivity index (χ3n) is 1.51. The molecule has 16 heavy (non-hydrogen) atoms. The van der Waals surface area contributed by atoms with Crippen LogP contribution in [0.25, 0.3) is 0 Å². The third kappa shape index (κ3) is 2.75. The van der Waals surface area contributed by atoms with Crippen LogP contribution < -0.4 is 4.31 Å². The van der Waals surface area contributed by atoms with Gasteiger partial charge in [0.15, 0.2) is 0 Å². The summed E-state index contributed by atoms with van der Waals surface area (Å²) in [6.45, 7) is 0. The lowest BCUT2D eigenvalue weighted by molar-refractivity contribution is 0.202. The van der Waals surface area contributed by atoms with E-state index in [-0.39, 0.29) is 0 Å². The molecule has 0 saturated heterocycles. The van der Waals surface area contributed by atoms with Gasteiger partial charge in [-0.3, -0.25) is 0 Å². The average molecular weight is 263 g/mol. The molecule has 1 amide bonds. The molecule has 0 aliphatic heterocycles. The molecular formula is C7H6F5NO2S. The van der Waals surface area contributed by atoms with Gasteiger partial charge in [0.2, 0.25) is 0 Å². The van der Waals surface area contributed by atoms with E-state index in [1.54, 1.807) is 0 Å². The lowest BCUT2D eigenvalue weighted by atomic mass is 10.3. The van der Waals surface area contributed by atoms with Crippen LogP contribution in [0.2, 0.25) is 0 Å². The summed E-state index contributed by atoms with van der Waals surface area (Å²) in [6, 6.07) is 4.58. The number of amides is 1. The Morgan fingerprint density at radius 1 is 1.06 bits per heavy atom. The number of para-hydroxylation sites is 1. The van der Waals surface area contributed by atoms with Gasteiger partial charge in [-0.15, -0.1) is 4.31 Å². The molecule has 0 bridgehead atoms. The molecular weight excluding hydrogens is 257 g/mol. The van der Waals surface area contributed by atoms with Crippen molar-refractivity contribution in [3.8, 4) is 0 Å². The molecule has 0 atom stereocenters. The van der Waals surface area contributed by atoms with Crippen LogP contribution in [0.3, 0.4) is 0 Å². The van der Waals surface area contributed by atoms with Crippen LogP contribution in [0.4, 0.5) is 29.9 Å². The average Bonchev–Trinajstić information content (AvgIpc) is 1.99. The molecule has 0 heterocycles. The van der Waals surface area contributed by atoms with Gasteiger partial charge in [-0.1, -0.05) is 37.6 Å². The minimum Gasteiger partial charge on any atom is -0.464 e. The summed E-state index contributed by atoms with van der Waals surface area (Å²) in [4.78, 5) is 10.3. The van der Waals surface area contributed by atoms with Crippen molar-refractivity contribution < 1.29 is 29.3 Å². The topological polar surface area (TPSA) is 40.5 Å². The summed E-state index contributed by atoms with van der Waals surface area (Å²) in [5.74, 6) is 0. The molecule has 1 aromatic carbocycles. The lowest BCUT2D eigenvalue weighted by Crippen LogP contribution is -2.38. The molecule has 1 N–H and O–H groups in total. The van der Waals surface area contributed by atoms with Gasteiger partial charge in [-0.2, -0.15) is 0 Å². The van der Waals surface area contributed by atoms with Crippen LogP contribution in [-0.4, -0.2) is 11.2 Å². The van der Waals surface area contributed by atoms with Gasteiger partial charge in [0.1, 0.15) is 0 Å². The maximum atomic E-state index is 12.4. The second-order valence-corrected chi connectivity index (χ2v) is 5.06. The molecule has 0 unspecified atom stereocenters. The number of halogens is 5. The number of hydrogen-bond donors (Lipinski definition) is 1. The molecule has 0 aliphatic rings. The fourth-order valence-corrected chi connectivity index (χ4v) is 1.84. The van der Waals surface area contributed by atoms with E-state index >= 15 is 0 Å². The SMILES string of the molecule is O=C(O)N(c1ccccc1)S(F)(F)(F)(F)F. The fourth-order valence-electron chi connectivity index (χ4n) is 1.02. The van der Waals surface area contributed by atoms with E-state index in [4.69, 9.17) is 5.11 Å². The molecule has 0 spiro atoms. The molecule has 0 saturated carbocycles. The zero-order valence-corrected chi connectivity index (χ0v) is 8.30. The normalized spacial score (nSPS) is 16.1. The quantitative estimate of drug-likeness (QED) is 0.804. The maximum absolute atomic E-state index is 12.4. The van der Waals surface area contributed by atoms with Crippen LogP contribution in [0.15, 0.2) is 30.3 Å². The van der Waals surface area contributed by atoms with Gasteiger partial charge in [-0.25, -0.2) is 4.79 Å². The smallest absolute Gasteiger partial charge is 0.428 e. The van der Waals surface area contributed by atoms with Gasteiger partial charge in [0, 0.05) is 0 Å². The zero-order valence-electron chi connectivity index (χ0n) is 7.49. The number of anilines is 1. The Bertz CT molecular complexity index is 417. The van der Waals surface area contributed by atoms with Crippen molar-refractivity contribution in [1.29, 1.82) is 0 Å². The van der Waals surface area contributed by atoms with E-state index in [1.807, 2.05) is 0 Å². The molecule has 3 nitrogen and oxygen atoms in total. The molecule has 1 aromatic rings. The second kappa shape index (κ2) is 2.78. The predicted octanol–water partition coefficient (Wildman–Crippen LogP) is 4.38. The molecule has 9 heteroatoms. The maximum Gasteiger partial charge on any atom is 0.428 e. The summed E-state index contributed by atoms with van der Waals surface area (Å²) in [5, 5.41) is 8.25. The van der Waals surface area contributed by atoms with Gasteiger partial charge in [-0.05, 0) is 12.1 Å². The van der Waals surface area contributed by atoms with Gasteiger partial charge < -0.3 is 5.11 Å². The number of carboxylic acid groups (broad SMARTS) is 1. The van der Waals surface area contributed by atoms with E-state index in [0.29, 0.717) is 12.1 Å². The van der Waals surface area contributed by atoms with E-state index in [0.717, 1.165) is 12.1 Å². The monoisotopic (exact) mass is 263 g/mol. The largest absolute Gasteiger partial charge is 0.464 e. The first-order valence-electron chi connectivity index (χ1n) is 3.74. The highest BCUT2D eigenvalue weighted by Crippen LogP contribution is 2.99. The number of rotatable bonds is 2. The van der Waals surface area contributed by atoms with Crippen molar-refractivity contribution in [1.82, 2.24) is 0 Å². The Hall–Kier alpha value is -1.51. The molecule has 0 aromatic heterocycles. The lowest BCUT2D eigenvalue weighted by Gasteiger charge is -2.47. The van der Waals surface area contributed by atoms with Crippen LogP contribution in [0.1, 0.15) is 0 Å². The summed E-state index contributed by atoms with van der Waals surface area (Å²) in [6.07, 6.45) is -2.77. The highest BCUT2D eigenvalue weighted by Gasteiger charge is 2.72. The molecule has 0 fully saturated rings. The summed E-state index contributed by atoms with van der Waals surface area (Å²) < 4.78 is 60.0. The van der Waals surface area contributed by atoms with E-state index < -0.39 is 26.5 Å². The van der Waals surface area contributed by atoms with Crippen molar-refractivity contribution in [3.63, 3.8) is 0 Å². The predicted molar refractivity (Wildman–Crippen MR) is 50.1 cm³/mol. The Balaban J connectivity index is 3.41. The minimum atomic E-state index is -10.3. The molecule has 0 radical (unpaired) electrons. The Labute approximate surface area is 86.9 Å². The fraction of sp³-hybridized carbons (Fsp3) is 0. The van der Waals surface area contributed by atoms with Crippen molar-refractivity contribution in [2.45, 2.75) is 0 Å². The minimum absolute atomic E-state index is 0.631. The zero-order chi connectivity index (χ0) is 12.7. The van der Waals surface area contributed by atoms with E-state index in [2.05, 4.69) is 0 Å². The Kier molecular flexibility index (Phi) is 2.19. The number of benzene rings is 1. The third-order valence-corrected chi connectivity index (χ3v) is 2.57. The van der Waals surface area contributed by atoms with E-state index in [9.17, 15) is 24.2 Å². The first-order chi connectivity index (χ1) is 6.91. The van der Waals surface area contributed by atoms with Crippen molar-refractivity contribution in [3.05, 3.63) is 30.3 Å². The number of nitrogens with zero attached hydrogens (tertiary/aromatic N) is 1. The number of carbonyl (C=O) groups is 1. The molecule has 92 valence electrons. The Morgan fingerprint density at radius 2 is 1.50 bits per heavy atom. The van der Waals surface area contributed by atoms with Gasteiger partial charge >= 0.3 is 16.5 Å². The first-order valence-corrected chi connectivity index (χ1v) is 5.65. The van der Waals surface area contributed by atoms with Gasteiger partial charge in [0.05, 0.1) is 5.69 Å². The highest BCUT2D eigenvalue weighted by molar-refractivity contribution is 8.47. The van der Waals surface area contributed by atoms with Crippen molar-refractivity contribution in [2.75, 3.05) is 4.31 Å². The standard InChI is InChI=1S/C7H6F5NO2S/c8-16(9,10,11,12)13(7(14)15)6-4-2-1-3-5-6/h1-5H,(H,14,15). The first kappa shape index (κ1) is 12.6.